The van der Waals surface area contributed by atoms with Gasteiger partial charge in [0.2, 0.25) is 0 Å². The van der Waals surface area contributed by atoms with Crippen LogP contribution in [0.5, 0.6) is 11.5 Å². The van der Waals surface area contributed by atoms with Crippen molar-refractivity contribution < 1.29 is 9.05 Å². The third kappa shape index (κ3) is 2.26. The second-order valence-electron chi connectivity index (χ2n) is 2.58. The molecule has 8 heteroatoms. The fraction of sp³-hybridized carbons (Fsp3) is 0. The molecule has 0 bridgehead atoms. The maximum atomic E-state index is 5.78. The molecular formula is C6H2Br2Cl3O2P. The Bertz CT molecular complexity index is 383. The zero-order valence-electron chi connectivity index (χ0n) is 6.31. The van der Waals surface area contributed by atoms with Gasteiger partial charge in [-0.1, -0.05) is 0 Å². The molecule has 0 radical (unpaired) electrons. The fourth-order valence-electron chi connectivity index (χ4n) is 0.975. The van der Waals surface area contributed by atoms with Gasteiger partial charge in [-0.15, -0.1) is 0 Å². The Morgan fingerprint density at radius 1 is 0.929 bits per heavy atom. The summed E-state index contributed by atoms with van der Waals surface area (Å²) in [5.41, 5.74) is 0. The molecule has 0 unspecified atom stereocenters. The van der Waals surface area contributed by atoms with Crippen LogP contribution in [0.25, 0.3) is 0 Å². The summed E-state index contributed by atoms with van der Waals surface area (Å²) >= 11 is 24.0. The van der Waals surface area contributed by atoms with Gasteiger partial charge in [0.05, 0.1) is 0 Å². The van der Waals surface area contributed by atoms with Gasteiger partial charge in [0.15, 0.2) is 0 Å². The van der Waals surface area contributed by atoms with Gasteiger partial charge in [-0.05, 0) is 0 Å². The number of rotatable bonds is 0. The van der Waals surface area contributed by atoms with Crippen LogP contribution in [0.1, 0.15) is 0 Å². The number of halogens is 5. The van der Waals surface area contributed by atoms with Crippen molar-refractivity contribution in [3.63, 3.8) is 0 Å². The van der Waals surface area contributed by atoms with Gasteiger partial charge in [-0.25, -0.2) is 0 Å². The molecule has 0 fully saturated rings. The van der Waals surface area contributed by atoms with E-state index in [0.29, 0.717) is 11.5 Å². The first-order chi connectivity index (χ1) is 6.24. The van der Waals surface area contributed by atoms with Gasteiger partial charge in [-0.3, -0.25) is 0 Å². The Morgan fingerprint density at radius 2 is 1.29 bits per heavy atom. The predicted molar refractivity (Wildman–Crippen MR) is 67.6 cm³/mol. The summed E-state index contributed by atoms with van der Waals surface area (Å²) in [6.07, 6.45) is 0. The van der Waals surface area contributed by atoms with Crippen molar-refractivity contribution in [1.29, 1.82) is 0 Å². The monoisotopic (exact) mass is 400 g/mol. The van der Waals surface area contributed by atoms with Gasteiger partial charge < -0.3 is 0 Å². The standard InChI is InChI=1S/C6H2Br2Cl3O2P/c7-3-1-5-6(2-4(3)8)13-14(9,10,11)12-5/h1-2H. The molecule has 14 heavy (non-hydrogen) atoms. The minimum absolute atomic E-state index is 0.428. The van der Waals surface area contributed by atoms with Crippen molar-refractivity contribution in [3.05, 3.63) is 21.1 Å². The SMILES string of the molecule is ClP1(Cl)(Cl)Oc2cc(Br)c(Br)cc2O1. The Kier molecular flexibility index (Phi) is 2.71. The van der Waals surface area contributed by atoms with E-state index in [-0.39, 0.29) is 0 Å². The molecule has 0 spiro atoms. The molecular weight excluding hydrogens is 401 g/mol. The molecule has 1 aliphatic heterocycles. The number of hydrogen-bond acceptors (Lipinski definition) is 2. The van der Waals surface area contributed by atoms with Crippen LogP contribution in [0, 0.1) is 0 Å². The third-order valence-electron chi connectivity index (χ3n) is 1.46. The normalized spacial score (nSPS) is 23.9. The van der Waals surface area contributed by atoms with E-state index in [9.17, 15) is 0 Å². The number of fused-ring (bicyclic) bond motifs is 1. The van der Waals surface area contributed by atoms with Crippen LogP contribution < -0.4 is 9.05 Å². The first-order valence-corrected chi connectivity index (χ1v) is 9.69. The van der Waals surface area contributed by atoms with Crippen molar-refractivity contribution in [2.45, 2.75) is 0 Å². The summed E-state index contributed by atoms with van der Waals surface area (Å²) in [4.78, 5) is 0. The van der Waals surface area contributed by atoms with Crippen LogP contribution >= 0.6 is 70.7 Å². The molecule has 1 aliphatic rings. The van der Waals surface area contributed by atoms with E-state index in [4.69, 9.17) is 42.8 Å². The van der Waals surface area contributed by atoms with Gasteiger partial charge in [0.25, 0.3) is 0 Å². The first-order valence-electron chi connectivity index (χ1n) is 3.31. The van der Waals surface area contributed by atoms with E-state index in [2.05, 4.69) is 31.9 Å². The van der Waals surface area contributed by atoms with E-state index in [1.165, 1.54) is 0 Å². The molecule has 1 aromatic rings. The van der Waals surface area contributed by atoms with Crippen molar-refractivity contribution >= 4 is 70.7 Å². The zero-order chi connectivity index (χ0) is 10.6. The van der Waals surface area contributed by atoms with Crippen LogP contribution in [0.3, 0.4) is 0 Å². The Labute approximate surface area is 112 Å². The van der Waals surface area contributed by atoms with Crippen molar-refractivity contribution in [2.24, 2.45) is 0 Å². The molecule has 0 aliphatic carbocycles. The molecule has 78 valence electrons. The third-order valence-corrected chi connectivity index (χ3v) is 5.51. The molecule has 1 heterocycles. The molecule has 1 aromatic carbocycles. The van der Waals surface area contributed by atoms with E-state index in [1.807, 2.05) is 0 Å². The van der Waals surface area contributed by atoms with Gasteiger partial charge in [0, 0.05) is 0 Å². The molecule has 0 atom stereocenters. The van der Waals surface area contributed by atoms with Crippen LogP contribution in [0.4, 0.5) is 0 Å². The minimum atomic E-state index is -3.98. The Balaban J connectivity index is 2.52. The van der Waals surface area contributed by atoms with E-state index >= 15 is 0 Å². The Hall–Kier alpha value is 1.08. The summed E-state index contributed by atoms with van der Waals surface area (Å²) in [7, 11) is 0. The van der Waals surface area contributed by atoms with Crippen LogP contribution in [-0.4, -0.2) is 0 Å². The molecule has 0 N–H and O–H groups in total. The van der Waals surface area contributed by atoms with Crippen molar-refractivity contribution in [1.82, 2.24) is 0 Å². The molecule has 2 rings (SSSR count). The topological polar surface area (TPSA) is 18.5 Å². The molecule has 2 nitrogen and oxygen atoms in total. The van der Waals surface area contributed by atoms with Crippen LogP contribution in [-0.2, 0) is 0 Å². The van der Waals surface area contributed by atoms with Crippen LogP contribution in [0.15, 0.2) is 21.1 Å². The summed E-state index contributed by atoms with van der Waals surface area (Å²) in [6, 6.07) is 3.36. The van der Waals surface area contributed by atoms with Gasteiger partial charge >= 0.3 is 112 Å². The molecule has 0 saturated carbocycles. The quantitative estimate of drug-likeness (QED) is 0.508. The maximum absolute atomic E-state index is 5.78. The molecule has 0 saturated heterocycles. The summed E-state index contributed by atoms with van der Waals surface area (Å²) < 4.78 is 12.0. The van der Waals surface area contributed by atoms with Gasteiger partial charge in [-0.2, -0.15) is 0 Å². The van der Waals surface area contributed by atoms with Gasteiger partial charge in [0.1, 0.15) is 0 Å². The fourth-order valence-corrected chi connectivity index (χ4v) is 3.89. The Morgan fingerprint density at radius 3 is 1.64 bits per heavy atom. The second kappa shape index (κ2) is 3.28. The van der Waals surface area contributed by atoms with Crippen LogP contribution in [0.2, 0.25) is 0 Å². The first kappa shape index (κ1) is 11.6. The van der Waals surface area contributed by atoms with E-state index in [1.54, 1.807) is 12.1 Å². The summed E-state index contributed by atoms with van der Waals surface area (Å²) in [6.45, 7) is 0. The average Bonchev–Trinajstić information content (AvgIpc) is 2.19. The number of hydrogen-bond donors (Lipinski definition) is 0. The zero-order valence-corrected chi connectivity index (χ0v) is 12.6. The van der Waals surface area contributed by atoms with E-state index < -0.39 is 5.12 Å². The van der Waals surface area contributed by atoms with E-state index in [0.717, 1.165) is 8.95 Å². The molecule has 0 amide bonds. The van der Waals surface area contributed by atoms with Crippen molar-refractivity contribution in [3.8, 4) is 11.5 Å². The summed E-state index contributed by atoms with van der Waals surface area (Å²) in [5, 5.41) is -3.98. The van der Waals surface area contributed by atoms with Crippen molar-refractivity contribution in [2.75, 3.05) is 0 Å². The summed E-state index contributed by atoms with van der Waals surface area (Å²) in [5.74, 6) is 0.857. The molecule has 0 aromatic heterocycles. The average molecular weight is 403 g/mol. The second-order valence-corrected chi connectivity index (χ2v) is 13.1. The number of benzene rings is 1. The predicted octanol–water partition coefficient (Wildman–Crippen LogP) is 5.83.